The van der Waals surface area contributed by atoms with Gasteiger partial charge in [-0.05, 0) is 73.4 Å². The maximum atomic E-state index is 14.4. The predicted octanol–water partition coefficient (Wildman–Crippen LogP) is 3.85. The van der Waals surface area contributed by atoms with Crippen molar-refractivity contribution in [3.63, 3.8) is 0 Å². The number of amides is 3. The number of aliphatic hydroxyl groups is 1. The van der Waals surface area contributed by atoms with E-state index in [-0.39, 0.29) is 48.8 Å². The first kappa shape index (κ1) is 38.0. The van der Waals surface area contributed by atoms with Crippen LogP contribution in [0.15, 0.2) is 72.9 Å². The summed E-state index contributed by atoms with van der Waals surface area (Å²) in [6.45, 7) is 6.25. The minimum Gasteiger partial charge on any atom is -0.389 e. The van der Waals surface area contributed by atoms with Gasteiger partial charge in [0.25, 0.3) is 0 Å². The standard InChI is InChI=1S/C39H49F2N5O5/c1-4-25(2)39(45-26(3)47)15-17-46(38(39)50)35(14-13-27-10-6-5-7-11-27)37(49)44-34(20-28-18-29(40)21-30(41)19-28)36(48)33-22-32(23-43-33)51-24-31-12-8-9-16-42-31/h5-12,16,18-19,21,25,32-36,43,48H,4,13-15,17,20,22-24H2,1-3H3,(H,44,49)(H,45,47)/t25-,32-,33-,34+,35+,36+,39+/m1/s1. The average molecular weight is 706 g/mol. The third kappa shape index (κ3) is 9.55. The molecule has 3 amide bonds. The summed E-state index contributed by atoms with van der Waals surface area (Å²) in [4.78, 5) is 46.9. The molecule has 2 saturated heterocycles. The Morgan fingerprint density at radius 2 is 1.82 bits per heavy atom. The number of benzene rings is 2. The summed E-state index contributed by atoms with van der Waals surface area (Å²) in [6, 6.07) is 15.9. The van der Waals surface area contributed by atoms with Gasteiger partial charge < -0.3 is 30.7 Å². The van der Waals surface area contributed by atoms with Crippen LogP contribution in [0.2, 0.25) is 0 Å². The van der Waals surface area contributed by atoms with Gasteiger partial charge in [0.2, 0.25) is 17.7 Å². The second-order valence-corrected chi connectivity index (χ2v) is 13.8. The second kappa shape index (κ2) is 17.3. The number of hydrogen-bond donors (Lipinski definition) is 4. The molecule has 7 atom stereocenters. The van der Waals surface area contributed by atoms with Crippen molar-refractivity contribution in [2.24, 2.45) is 5.92 Å². The molecule has 0 unspecified atom stereocenters. The molecule has 2 aromatic carbocycles. The van der Waals surface area contributed by atoms with Crippen molar-refractivity contribution in [3.05, 3.63) is 101 Å². The van der Waals surface area contributed by atoms with E-state index in [2.05, 4.69) is 20.9 Å². The number of hydrogen-bond acceptors (Lipinski definition) is 7. The zero-order chi connectivity index (χ0) is 36.5. The molecule has 12 heteroatoms. The Morgan fingerprint density at radius 3 is 2.49 bits per heavy atom. The Labute approximate surface area is 298 Å². The van der Waals surface area contributed by atoms with Gasteiger partial charge in [-0.3, -0.25) is 19.4 Å². The van der Waals surface area contributed by atoms with Crippen LogP contribution in [0.1, 0.15) is 63.3 Å². The highest BCUT2D eigenvalue weighted by Gasteiger charge is 2.53. The Morgan fingerprint density at radius 1 is 1.10 bits per heavy atom. The molecule has 51 heavy (non-hydrogen) atoms. The number of halogens is 2. The number of aromatic nitrogens is 1. The van der Waals surface area contributed by atoms with Gasteiger partial charge in [0.15, 0.2) is 0 Å². The van der Waals surface area contributed by atoms with Crippen molar-refractivity contribution in [2.75, 3.05) is 13.1 Å². The van der Waals surface area contributed by atoms with Gasteiger partial charge in [0.1, 0.15) is 23.2 Å². The summed E-state index contributed by atoms with van der Waals surface area (Å²) >= 11 is 0. The second-order valence-electron chi connectivity index (χ2n) is 13.8. The lowest BCUT2D eigenvalue weighted by Gasteiger charge is -2.36. The van der Waals surface area contributed by atoms with Gasteiger partial charge in [-0.1, -0.05) is 56.7 Å². The predicted molar refractivity (Wildman–Crippen MR) is 188 cm³/mol. The lowest BCUT2D eigenvalue weighted by atomic mass is 9.81. The first-order valence-electron chi connectivity index (χ1n) is 17.8. The molecule has 0 radical (unpaired) electrons. The molecule has 10 nitrogen and oxygen atoms in total. The molecule has 0 spiro atoms. The van der Waals surface area contributed by atoms with E-state index in [1.807, 2.05) is 62.4 Å². The number of carbonyl (C=O) groups is 3. The van der Waals surface area contributed by atoms with E-state index in [1.165, 1.54) is 19.1 Å². The molecule has 0 aliphatic carbocycles. The molecule has 4 N–H and O–H groups in total. The molecule has 2 aliphatic heterocycles. The summed E-state index contributed by atoms with van der Waals surface area (Å²) in [5.41, 5.74) is 0.865. The van der Waals surface area contributed by atoms with Gasteiger partial charge in [0, 0.05) is 38.3 Å². The minimum atomic E-state index is -1.17. The number of ether oxygens (including phenoxy) is 1. The molecule has 0 bridgehead atoms. The van der Waals surface area contributed by atoms with Gasteiger partial charge in [0.05, 0.1) is 30.6 Å². The molecular weight excluding hydrogens is 656 g/mol. The van der Waals surface area contributed by atoms with Crippen molar-refractivity contribution >= 4 is 17.7 Å². The summed E-state index contributed by atoms with van der Waals surface area (Å²) in [7, 11) is 0. The molecule has 0 saturated carbocycles. The normalized spacial score (nSPS) is 22.7. The maximum absolute atomic E-state index is 14.4. The van der Waals surface area contributed by atoms with Crippen LogP contribution >= 0.6 is 0 Å². The quantitative estimate of drug-likeness (QED) is 0.178. The Kier molecular flexibility index (Phi) is 12.9. The molecule has 2 aliphatic rings. The van der Waals surface area contributed by atoms with E-state index in [9.17, 15) is 28.3 Å². The van der Waals surface area contributed by atoms with Crippen molar-refractivity contribution in [3.8, 4) is 0 Å². The topological polar surface area (TPSA) is 133 Å². The number of aliphatic hydroxyl groups excluding tert-OH is 1. The third-order valence-corrected chi connectivity index (χ3v) is 10.3. The Hall–Kier alpha value is -4.26. The Bertz CT molecular complexity index is 1610. The van der Waals surface area contributed by atoms with E-state index in [4.69, 9.17) is 4.74 Å². The molecule has 2 fully saturated rings. The fourth-order valence-electron chi connectivity index (χ4n) is 7.40. The van der Waals surface area contributed by atoms with Crippen molar-refractivity contribution in [1.29, 1.82) is 0 Å². The fraction of sp³-hybridized carbons (Fsp3) is 0.487. The first-order valence-corrected chi connectivity index (χ1v) is 17.8. The summed E-state index contributed by atoms with van der Waals surface area (Å²) in [5.74, 6) is -2.87. The number of nitrogens with one attached hydrogen (secondary N) is 3. The number of rotatable bonds is 16. The summed E-state index contributed by atoms with van der Waals surface area (Å²) in [6.07, 6.45) is 2.38. The highest BCUT2D eigenvalue weighted by molar-refractivity contribution is 5.96. The van der Waals surface area contributed by atoms with E-state index in [1.54, 1.807) is 11.1 Å². The summed E-state index contributed by atoms with van der Waals surface area (Å²) in [5, 5.41) is 21.0. The van der Waals surface area contributed by atoms with Crippen LogP contribution in [-0.2, 0) is 38.6 Å². The van der Waals surface area contributed by atoms with Crippen LogP contribution in [0.5, 0.6) is 0 Å². The fourth-order valence-corrected chi connectivity index (χ4v) is 7.40. The smallest absolute Gasteiger partial charge is 0.249 e. The highest BCUT2D eigenvalue weighted by Crippen LogP contribution is 2.34. The number of pyridine rings is 1. The zero-order valence-electron chi connectivity index (χ0n) is 29.5. The van der Waals surface area contributed by atoms with Gasteiger partial charge >= 0.3 is 0 Å². The van der Waals surface area contributed by atoms with E-state index in [0.717, 1.165) is 17.3 Å². The van der Waals surface area contributed by atoms with Crippen LogP contribution in [0, 0.1) is 17.6 Å². The summed E-state index contributed by atoms with van der Waals surface area (Å²) < 4.78 is 34.7. The van der Waals surface area contributed by atoms with Crippen molar-refractivity contribution in [2.45, 2.75) is 102 Å². The minimum absolute atomic E-state index is 0.0682. The number of carbonyl (C=O) groups excluding carboxylic acids is 3. The van der Waals surface area contributed by atoms with Crippen molar-refractivity contribution < 1.29 is 33.0 Å². The first-order chi connectivity index (χ1) is 24.5. The maximum Gasteiger partial charge on any atom is 0.249 e. The SMILES string of the molecule is CC[C@@H](C)[C@@]1(NC(C)=O)CCN([C@@H](CCc2ccccc2)C(=O)N[C@@H](Cc2cc(F)cc(F)c2)[C@@H](O)[C@H]2C[C@@H](OCc3ccccn3)CN2)C1=O. The third-order valence-electron chi connectivity index (χ3n) is 10.3. The molecular formula is C39H49F2N5O5. The lowest BCUT2D eigenvalue weighted by Crippen LogP contribution is -2.61. The van der Waals surface area contributed by atoms with Gasteiger partial charge in [-0.25, -0.2) is 8.78 Å². The molecule has 3 aromatic rings. The van der Waals surface area contributed by atoms with E-state index in [0.29, 0.717) is 38.8 Å². The van der Waals surface area contributed by atoms with Crippen molar-refractivity contribution in [1.82, 2.24) is 25.8 Å². The molecule has 3 heterocycles. The van der Waals surface area contributed by atoms with Crippen LogP contribution in [0.25, 0.3) is 0 Å². The van der Waals surface area contributed by atoms with Crippen LogP contribution in [0.4, 0.5) is 8.78 Å². The zero-order valence-corrected chi connectivity index (χ0v) is 29.5. The lowest BCUT2D eigenvalue weighted by molar-refractivity contribution is -0.144. The van der Waals surface area contributed by atoms with E-state index >= 15 is 0 Å². The average Bonchev–Trinajstić information content (AvgIpc) is 3.72. The van der Waals surface area contributed by atoms with Crippen LogP contribution < -0.4 is 16.0 Å². The van der Waals surface area contributed by atoms with Crippen LogP contribution in [0.3, 0.4) is 0 Å². The Balaban J connectivity index is 1.39. The monoisotopic (exact) mass is 705 g/mol. The largest absolute Gasteiger partial charge is 0.389 e. The molecule has 5 rings (SSSR count). The van der Waals surface area contributed by atoms with Gasteiger partial charge in [-0.2, -0.15) is 0 Å². The van der Waals surface area contributed by atoms with E-state index < -0.39 is 47.3 Å². The number of aryl methyl sites for hydroxylation is 1. The van der Waals surface area contributed by atoms with Crippen LogP contribution in [-0.4, -0.2) is 81.7 Å². The van der Waals surface area contributed by atoms with Gasteiger partial charge in [-0.15, -0.1) is 0 Å². The molecule has 1 aromatic heterocycles. The highest BCUT2D eigenvalue weighted by atomic mass is 19.1. The molecule has 274 valence electrons. The number of nitrogens with zero attached hydrogens (tertiary/aromatic N) is 2. The number of likely N-dealkylation sites (tertiary alicyclic amines) is 1.